The van der Waals surface area contributed by atoms with Crippen LogP contribution < -0.4 is 5.19 Å². The Hall–Kier alpha value is 0.0569. The first-order chi connectivity index (χ1) is 19.0. The summed E-state index contributed by atoms with van der Waals surface area (Å²) >= 11 is 0. The smallest absolute Gasteiger partial charge is 0.172 e. The van der Waals surface area contributed by atoms with Crippen LogP contribution in [0.5, 0.6) is 0 Å². The Morgan fingerprint density at radius 2 is 0.881 bits per heavy atom. The molecule has 10 unspecified atom stereocenters. The summed E-state index contributed by atoms with van der Waals surface area (Å²) < 4.78 is 41.4. The molecule has 0 amide bonds. The first-order valence-corrected chi connectivity index (χ1v) is 20.9. The highest BCUT2D eigenvalue weighted by Crippen LogP contribution is 2.72. The quantitative estimate of drug-likeness (QED) is 0.288. The fraction of sp³-hybridized carbons (Fsp3) is 0.818. The second-order valence-corrected chi connectivity index (χ2v) is 22.9. The molecule has 1 aromatic carbocycles. The lowest BCUT2D eigenvalue weighted by Crippen LogP contribution is -2.86. The van der Waals surface area contributed by atoms with Crippen LogP contribution in [0.15, 0.2) is 18.2 Å². The van der Waals surface area contributed by atoms with Crippen LogP contribution in [0.4, 0.5) is 0 Å². The number of ether oxygens (including phenoxy) is 6. The predicted octanol–water partition coefficient (Wildman–Crippen LogP) is 6.10. The Kier molecular flexibility index (Phi) is 5.94. The Balaban J connectivity index is 1.56. The number of hydrogen-bond donors (Lipinski definition) is 0. The fourth-order valence-electron chi connectivity index (χ4n) is 11.8. The van der Waals surface area contributed by atoms with Gasteiger partial charge in [-0.2, -0.15) is 0 Å². The second kappa shape index (κ2) is 8.12. The lowest BCUT2D eigenvalue weighted by Gasteiger charge is -2.77. The number of hydrogen-bond acceptors (Lipinski definition) is 6. The molecule has 8 aliphatic rings. The molecule has 10 atom stereocenters. The first kappa shape index (κ1) is 30.7. The van der Waals surface area contributed by atoms with Gasteiger partial charge in [-0.25, -0.2) is 0 Å². The highest BCUT2D eigenvalue weighted by molar-refractivity contribution is 7.16. The van der Waals surface area contributed by atoms with Crippen LogP contribution in [0, 0.1) is 0 Å². The van der Waals surface area contributed by atoms with Crippen molar-refractivity contribution >= 4 is 31.7 Å². The van der Waals surface area contributed by atoms with E-state index in [2.05, 4.69) is 112 Å². The second-order valence-electron chi connectivity index (χ2n) is 17.0. The SMILES string of the molecule is CC12CC3(C)OC(C)(CC(C)(O1)C3(CP)c1ccc([Si](C)(C)C)cc1C1(CP)C3(C)CC4(C)OC(C)(CC1(C)O4)O3)O2. The molecule has 6 nitrogen and oxygen atoms in total. The fourth-order valence-corrected chi connectivity index (χ4v) is 15.1. The summed E-state index contributed by atoms with van der Waals surface area (Å²) in [5, 5.41) is 1.44. The summed E-state index contributed by atoms with van der Waals surface area (Å²) in [6.07, 6.45) is 4.24. The van der Waals surface area contributed by atoms with Crippen molar-refractivity contribution in [1.29, 1.82) is 0 Å². The van der Waals surface area contributed by atoms with Crippen molar-refractivity contribution in [2.45, 2.75) is 157 Å². The summed E-state index contributed by atoms with van der Waals surface area (Å²) in [6.45, 7) is 24.9. The Morgan fingerprint density at radius 3 is 1.19 bits per heavy atom. The molecule has 8 heterocycles. The number of benzene rings is 1. The maximum absolute atomic E-state index is 7.13. The van der Waals surface area contributed by atoms with Gasteiger partial charge in [-0.1, -0.05) is 43.0 Å². The van der Waals surface area contributed by atoms with Crippen molar-refractivity contribution in [2.24, 2.45) is 0 Å². The molecule has 8 fully saturated rings. The third kappa shape index (κ3) is 3.45. The zero-order valence-corrected chi connectivity index (χ0v) is 30.9. The van der Waals surface area contributed by atoms with Crippen LogP contribution in [0.1, 0.15) is 92.2 Å². The summed E-state index contributed by atoms with van der Waals surface area (Å²) in [6, 6.07) is 7.38. The van der Waals surface area contributed by atoms with E-state index in [9.17, 15) is 0 Å². The van der Waals surface area contributed by atoms with Crippen molar-refractivity contribution < 1.29 is 28.4 Å². The van der Waals surface area contributed by atoms with Crippen molar-refractivity contribution in [1.82, 2.24) is 0 Å². The normalized spacial score (nSPS) is 55.9. The van der Waals surface area contributed by atoms with Crippen LogP contribution in [0.2, 0.25) is 19.6 Å². The predicted molar refractivity (Wildman–Crippen MR) is 174 cm³/mol. The molecule has 8 aliphatic heterocycles. The van der Waals surface area contributed by atoms with E-state index >= 15 is 0 Å². The minimum absolute atomic E-state index is 0.459. The van der Waals surface area contributed by atoms with Crippen molar-refractivity contribution in [3.63, 3.8) is 0 Å². The monoisotopic (exact) mass is 634 g/mol. The molecule has 0 aliphatic carbocycles. The average molecular weight is 635 g/mol. The van der Waals surface area contributed by atoms with Gasteiger partial charge in [0.2, 0.25) is 0 Å². The lowest BCUT2D eigenvalue weighted by atomic mass is 9.46. The van der Waals surface area contributed by atoms with E-state index in [-0.39, 0.29) is 0 Å². The molecular formula is C33H52O6P2Si. The minimum Gasteiger partial charge on any atom is -0.343 e. The third-order valence-corrected chi connectivity index (χ3v) is 15.6. The molecule has 9 heteroatoms. The molecule has 0 saturated carbocycles. The molecular weight excluding hydrogens is 582 g/mol. The van der Waals surface area contributed by atoms with Crippen LogP contribution in [0.25, 0.3) is 0 Å². The molecule has 0 radical (unpaired) electrons. The van der Waals surface area contributed by atoms with Gasteiger partial charge >= 0.3 is 0 Å². The Bertz CT molecular complexity index is 1280. The van der Waals surface area contributed by atoms with Crippen LogP contribution in [0.3, 0.4) is 0 Å². The van der Waals surface area contributed by atoms with E-state index in [4.69, 9.17) is 28.4 Å². The summed E-state index contributed by atoms with van der Waals surface area (Å²) in [7, 11) is 4.54. The third-order valence-electron chi connectivity index (χ3n) is 12.3. The van der Waals surface area contributed by atoms with E-state index in [0.717, 1.165) is 12.3 Å². The zero-order valence-electron chi connectivity index (χ0n) is 27.6. The van der Waals surface area contributed by atoms with Gasteiger partial charge in [0.1, 0.15) is 0 Å². The molecule has 234 valence electrons. The van der Waals surface area contributed by atoms with Gasteiger partial charge in [0.25, 0.3) is 0 Å². The van der Waals surface area contributed by atoms with Gasteiger partial charge in [0, 0.05) is 25.7 Å². The van der Waals surface area contributed by atoms with Crippen molar-refractivity contribution in [3.8, 4) is 0 Å². The molecule has 0 spiro atoms. The van der Waals surface area contributed by atoms with Gasteiger partial charge in [0.15, 0.2) is 23.1 Å². The average Bonchev–Trinajstić information content (AvgIpc) is 2.73. The van der Waals surface area contributed by atoms with E-state index in [0.29, 0.717) is 25.7 Å². The first-order valence-electron chi connectivity index (χ1n) is 15.8. The van der Waals surface area contributed by atoms with Crippen LogP contribution in [-0.2, 0) is 39.3 Å². The minimum atomic E-state index is -1.69. The molecule has 9 rings (SSSR count). The van der Waals surface area contributed by atoms with Gasteiger partial charge in [-0.05, 0) is 78.8 Å². The molecule has 42 heavy (non-hydrogen) atoms. The topological polar surface area (TPSA) is 55.4 Å². The highest BCUT2D eigenvalue weighted by atomic mass is 31.0. The summed E-state index contributed by atoms with van der Waals surface area (Å²) in [5.74, 6) is -2.77. The lowest BCUT2D eigenvalue weighted by molar-refractivity contribution is -0.534. The molecule has 8 bridgehead atoms. The van der Waals surface area contributed by atoms with Gasteiger partial charge in [0.05, 0.1) is 41.3 Å². The highest BCUT2D eigenvalue weighted by Gasteiger charge is 2.81. The van der Waals surface area contributed by atoms with Gasteiger partial charge < -0.3 is 28.4 Å². The van der Waals surface area contributed by atoms with E-state index < -0.39 is 64.5 Å². The van der Waals surface area contributed by atoms with E-state index in [1.165, 1.54) is 16.3 Å². The van der Waals surface area contributed by atoms with Crippen molar-refractivity contribution in [2.75, 3.05) is 12.3 Å². The Labute approximate surface area is 258 Å². The van der Waals surface area contributed by atoms with Gasteiger partial charge in [-0.15, -0.1) is 18.5 Å². The van der Waals surface area contributed by atoms with Crippen LogP contribution in [-0.4, -0.2) is 66.0 Å². The van der Waals surface area contributed by atoms with Crippen LogP contribution >= 0.6 is 18.5 Å². The standard InChI is InChI=1S/C33H52O6P2Si/c1-24-15-28(5)35-25(2,16-29(6,34-24)38-28)32(24,19-40)22-13-12-21(42(9,10)11)14-23(22)33(20-41)26(3)17-30(7)37-27(33,4)18-31(8,36-26)39-30/h12-14H,15-20,40-41H2,1-11H3. The summed E-state index contributed by atoms with van der Waals surface area (Å²) in [4.78, 5) is 0. The molecule has 8 saturated heterocycles. The number of rotatable bonds is 5. The summed E-state index contributed by atoms with van der Waals surface area (Å²) in [5.41, 5.74) is -0.368. The zero-order chi connectivity index (χ0) is 30.8. The van der Waals surface area contributed by atoms with Crippen molar-refractivity contribution in [3.05, 3.63) is 29.3 Å². The maximum Gasteiger partial charge on any atom is 0.172 e. The van der Waals surface area contributed by atoms with E-state index in [1.807, 2.05) is 0 Å². The maximum atomic E-state index is 7.13. The molecule has 1 aromatic rings. The largest absolute Gasteiger partial charge is 0.343 e. The van der Waals surface area contributed by atoms with E-state index in [1.54, 1.807) is 0 Å². The molecule has 0 aromatic heterocycles. The van der Waals surface area contributed by atoms with Gasteiger partial charge in [-0.3, -0.25) is 0 Å². The molecule has 0 N–H and O–H groups in total. The Morgan fingerprint density at radius 1 is 0.548 bits per heavy atom.